The number of ether oxygens (including phenoxy) is 1. The number of benzene rings is 2. The topological polar surface area (TPSA) is 9.23 Å². The number of methoxy groups -OCH3 is 1. The molecule has 2 aromatic rings. The Kier molecular flexibility index (Phi) is 5.46. The molecule has 0 aliphatic heterocycles. The summed E-state index contributed by atoms with van der Waals surface area (Å²) in [7, 11) is 1.69. The third kappa shape index (κ3) is 4.08. The smallest absolute Gasteiger partial charge is 0.118 e. The lowest BCUT2D eigenvalue weighted by Crippen LogP contribution is -1.96. The molecule has 0 radical (unpaired) electrons. The van der Waals surface area contributed by atoms with Crippen LogP contribution in [0.1, 0.15) is 27.2 Å². The number of halogens is 2. The van der Waals surface area contributed by atoms with Gasteiger partial charge in [0.05, 0.1) is 7.11 Å². The molecule has 0 heterocycles. The molecule has 2 aromatic carbocycles. The van der Waals surface area contributed by atoms with Gasteiger partial charge in [0.2, 0.25) is 0 Å². The van der Waals surface area contributed by atoms with Crippen LogP contribution in [0.3, 0.4) is 0 Å². The highest BCUT2D eigenvalue weighted by Gasteiger charge is 2.15. The molecule has 1 nitrogen and oxygen atoms in total. The number of rotatable bonds is 5. The first-order valence-electron chi connectivity index (χ1n) is 6.17. The van der Waals surface area contributed by atoms with Gasteiger partial charge < -0.3 is 4.74 Å². The second-order valence-corrected chi connectivity index (χ2v) is 6.57. The summed E-state index contributed by atoms with van der Waals surface area (Å²) in [6, 6.07) is 18.7. The van der Waals surface area contributed by atoms with Gasteiger partial charge in [-0.05, 0) is 29.7 Å². The number of hydrogen-bond donors (Lipinski definition) is 0. The standard InChI is InChI=1S/C16H16Br2O/c1-19-14-9-7-13(8-10-14)16(18)11-15(17)12-5-3-2-4-6-12/h2-10,15-16H,11H2,1H3. The van der Waals surface area contributed by atoms with E-state index in [1.807, 2.05) is 18.2 Å². The third-order valence-corrected chi connectivity index (χ3v) is 4.86. The third-order valence-electron chi connectivity index (χ3n) is 3.05. The fraction of sp³-hybridized carbons (Fsp3) is 0.250. The van der Waals surface area contributed by atoms with Crippen LogP contribution in [0, 0.1) is 0 Å². The second-order valence-electron chi connectivity index (χ2n) is 4.35. The van der Waals surface area contributed by atoms with E-state index in [9.17, 15) is 0 Å². The molecule has 0 saturated heterocycles. The van der Waals surface area contributed by atoms with Crippen molar-refractivity contribution in [3.8, 4) is 5.75 Å². The molecule has 0 spiro atoms. The van der Waals surface area contributed by atoms with Crippen LogP contribution in [0.4, 0.5) is 0 Å². The summed E-state index contributed by atoms with van der Waals surface area (Å²) >= 11 is 7.52. The lowest BCUT2D eigenvalue weighted by atomic mass is 10.0. The van der Waals surface area contributed by atoms with Gasteiger partial charge in [-0.1, -0.05) is 74.3 Å². The normalized spacial score (nSPS) is 13.8. The number of hydrogen-bond acceptors (Lipinski definition) is 1. The van der Waals surface area contributed by atoms with Gasteiger partial charge in [0, 0.05) is 9.65 Å². The summed E-state index contributed by atoms with van der Waals surface area (Å²) in [4.78, 5) is 0.670. The van der Waals surface area contributed by atoms with Crippen LogP contribution in [0.2, 0.25) is 0 Å². The van der Waals surface area contributed by atoms with Crippen LogP contribution in [0.5, 0.6) is 5.75 Å². The van der Waals surface area contributed by atoms with Crippen molar-refractivity contribution in [2.24, 2.45) is 0 Å². The second kappa shape index (κ2) is 7.11. The summed E-state index contributed by atoms with van der Waals surface area (Å²) in [5.41, 5.74) is 2.57. The van der Waals surface area contributed by atoms with Crippen LogP contribution in [-0.2, 0) is 0 Å². The van der Waals surface area contributed by atoms with E-state index in [4.69, 9.17) is 4.74 Å². The summed E-state index contributed by atoms with van der Waals surface area (Å²) in [6.45, 7) is 0. The van der Waals surface area contributed by atoms with E-state index < -0.39 is 0 Å². The molecule has 2 unspecified atom stereocenters. The van der Waals surface area contributed by atoms with Crippen LogP contribution < -0.4 is 4.74 Å². The molecule has 0 saturated carbocycles. The van der Waals surface area contributed by atoms with Crippen molar-refractivity contribution in [2.75, 3.05) is 7.11 Å². The largest absolute Gasteiger partial charge is 0.497 e. The molecule has 0 aliphatic rings. The van der Waals surface area contributed by atoms with E-state index in [1.54, 1.807) is 7.11 Å². The first-order valence-corrected chi connectivity index (χ1v) is 8.01. The minimum Gasteiger partial charge on any atom is -0.497 e. The van der Waals surface area contributed by atoms with Crippen molar-refractivity contribution in [1.29, 1.82) is 0 Å². The molecule has 0 bridgehead atoms. The quantitative estimate of drug-likeness (QED) is 0.605. The summed E-state index contributed by atoms with van der Waals surface area (Å²) in [6.07, 6.45) is 0.996. The predicted molar refractivity (Wildman–Crippen MR) is 87.4 cm³/mol. The maximum absolute atomic E-state index is 5.17. The van der Waals surface area contributed by atoms with Crippen molar-refractivity contribution in [2.45, 2.75) is 16.1 Å². The minimum absolute atomic E-state index is 0.322. The molecule has 2 atom stereocenters. The first-order chi connectivity index (χ1) is 9.20. The summed E-state index contributed by atoms with van der Waals surface area (Å²) < 4.78 is 5.17. The average Bonchev–Trinajstić information content (AvgIpc) is 2.48. The van der Waals surface area contributed by atoms with Crippen LogP contribution in [0.15, 0.2) is 54.6 Å². The molecular formula is C16H16Br2O. The highest BCUT2D eigenvalue weighted by atomic mass is 79.9. The Labute approximate surface area is 131 Å². The van der Waals surface area contributed by atoms with E-state index in [1.165, 1.54) is 11.1 Å². The van der Waals surface area contributed by atoms with E-state index in [-0.39, 0.29) is 0 Å². The van der Waals surface area contributed by atoms with Gasteiger partial charge in [-0.25, -0.2) is 0 Å². The van der Waals surface area contributed by atoms with Crippen molar-refractivity contribution < 1.29 is 4.74 Å². The molecule has 0 fully saturated rings. The molecule has 3 heteroatoms. The molecule has 0 N–H and O–H groups in total. The molecule has 0 aliphatic carbocycles. The highest BCUT2D eigenvalue weighted by molar-refractivity contribution is 9.09. The van der Waals surface area contributed by atoms with Gasteiger partial charge in [0.15, 0.2) is 0 Å². The molecular weight excluding hydrogens is 368 g/mol. The highest BCUT2D eigenvalue weighted by Crippen LogP contribution is 2.37. The Balaban J connectivity index is 2.02. The Morgan fingerprint density at radius 2 is 1.37 bits per heavy atom. The van der Waals surface area contributed by atoms with E-state index in [0.717, 1.165) is 12.2 Å². The van der Waals surface area contributed by atoms with Gasteiger partial charge in [0.1, 0.15) is 5.75 Å². The van der Waals surface area contributed by atoms with Crippen LogP contribution >= 0.6 is 31.9 Å². The monoisotopic (exact) mass is 382 g/mol. The molecule has 0 aromatic heterocycles. The lowest BCUT2D eigenvalue weighted by molar-refractivity contribution is 0.414. The van der Waals surface area contributed by atoms with Gasteiger partial charge in [-0.2, -0.15) is 0 Å². The van der Waals surface area contributed by atoms with Crippen molar-refractivity contribution in [1.82, 2.24) is 0 Å². The minimum atomic E-state index is 0.322. The van der Waals surface area contributed by atoms with E-state index in [0.29, 0.717) is 9.65 Å². The zero-order valence-corrected chi connectivity index (χ0v) is 13.9. The zero-order valence-electron chi connectivity index (χ0n) is 10.7. The van der Waals surface area contributed by atoms with E-state index >= 15 is 0 Å². The van der Waals surface area contributed by atoms with Crippen molar-refractivity contribution >= 4 is 31.9 Å². The Hall–Kier alpha value is -0.800. The molecule has 0 amide bonds. The molecule has 19 heavy (non-hydrogen) atoms. The number of alkyl halides is 2. The van der Waals surface area contributed by atoms with Crippen molar-refractivity contribution in [3.05, 3.63) is 65.7 Å². The van der Waals surface area contributed by atoms with Gasteiger partial charge in [-0.3, -0.25) is 0 Å². The lowest BCUT2D eigenvalue weighted by Gasteiger charge is -2.15. The Bertz CT molecular complexity index is 496. The maximum atomic E-state index is 5.17. The fourth-order valence-corrected chi connectivity index (χ4v) is 3.79. The van der Waals surface area contributed by atoms with Crippen LogP contribution in [0.25, 0.3) is 0 Å². The zero-order chi connectivity index (χ0) is 13.7. The van der Waals surface area contributed by atoms with E-state index in [2.05, 4.69) is 68.3 Å². The Morgan fingerprint density at radius 3 is 1.89 bits per heavy atom. The SMILES string of the molecule is COc1ccc(C(Br)CC(Br)c2ccccc2)cc1. The van der Waals surface area contributed by atoms with Crippen molar-refractivity contribution in [3.63, 3.8) is 0 Å². The van der Waals surface area contributed by atoms with Gasteiger partial charge in [-0.15, -0.1) is 0 Å². The van der Waals surface area contributed by atoms with Gasteiger partial charge in [0.25, 0.3) is 0 Å². The van der Waals surface area contributed by atoms with Gasteiger partial charge >= 0.3 is 0 Å². The molecule has 100 valence electrons. The summed E-state index contributed by atoms with van der Waals surface area (Å²) in [5, 5.41) is 0. The molecule has 2 rings (SSSR count). The Morgan fingerprint density at radius 1 is 0.842 bits per heavy atom. The fourth-order valence-electron chi connectivity index (χ4n) is 1.93. The van der Waals surface area contributed by atoms with Crippen LogP contribution in [-0.4, -0.2) is 7.11 Å². The predicted octanol–water partition coefficient (Wildman–Crippen LogP) is 5.66. The maximum Gasteiger partial charge on any atom is 0.118 e. The average molecular weight is 384 g/mol. The summed E-state index contributed by atoms with van der Waals surface area (Å²) in [5.74, 6) is 0.891. The first kappa shape index (κ1) is 14.6.